The molecule has 0 aliphatic carbocycles. The molecule has 3 N–H and O–H groups in total. The second kappa shape index (κ2) is 13.8. The summed E-state index contributed by atoms with van der Waals surface area (Å²) in [6, 6.07) is 16.0. The molecule has 0 aliphatic rings. The summed E-state index contributed by atoms with van der Waals surface area (Å²) in [5, 5.41) is 15.7. The van der Waals surface area contributed by atoms with Crippen molar-refractivity contribution in [1.29, 1.82) is 0 Å². The minimum atomic E-state index is -1.03. The largest absolute Gasteiger partial charge is 0.505 e. The van der Waals surface area contributed by atoms with E-state index in [1.807, 2.05) is 37.4 Å². The third kappa shape index (κ3) is 7.47. The fourth-order valence-electron chi connectivity index (χ4n) is 3.61. The molecule has 10 heteroatoms. The number of phenols is 1. The Labute approximate surface area is 230 Å². The fraction of sp³-hybridized carbons (Fsp3) is 0.250. The lowest BCUT2D eigenvalue weighted by atomic mass is 10.1. The van der Waals surface area contributed by atoms with Gasteiger partial charge in [-0.05, 0) is 56.3 Å². The molecular formula is C28H28Cl2N2O6. The predicted molar refractivity (Wildman–Crippen MR) is 145 cm³/mol. The van der Waals surface area contributed by atoms with Crippen molar-refractivity contribution in [3.05, 3.63) is 93.0 Å². The maximum absolute atomic E-state index is 13.0. The summed E-state index contributed by atoms with van der Waals surface area (Å²) in [7, 11) is 1.85. The molecule has 0 aliphatic heterocycles. The molecule has 0 bridgehead atoms. The highest BCUT2D eigenvalue weighted by Crippen LogP contribution is 2.42. The van der Waals surface area contributed by atoms with Gasteiger partial charge >= 0.3 is 11.9 Å². The number of hydrogen-bond donors (Lipinski definition) is 3. The Kier molecular flexibility index (Phi) is 10.5. The molecule has 1 amide bonds. The summed E-state index contributed by atoms with van der Waals surface area (Å²) in [4.78, 5) is 38.2. The number of phenolic OH excluding ortho intramolecular Hbond substituents is 1. The average molecular weight is 559 g/mol. The Hall–Kier alpha value is -3.59. The molecule has 3 aromatic rings. The third-order valence-electron chi connectivity index (χ3n) is 5.60. The Bertz CT molecular complexity index is 1280. The molecular weight excluding hydrogens is 531 g/mol. The first-order chi connectivity index (χ1) is 18.2. The first-order valence-corrected chi connectivity index (χ1v) is 12.7. The summed E-state index contributed by atoms with van der Waals surface area (Å²) >= 11 is 12.5. The van der Waals surface area contributed by atoms with E-state index in [-0.39, 0.29) is 34.9 Å². The third-order valence-corrected chi connectivity index (χ3v) is 6.23. The van der Waals surface area contributed by atoms with E-state index in [4.69, 9.17) is 32.7 Å². The lowest BCUT2D eigenvalue weighted by Gasteiger charge is -2.19. The van der Waals surface area contributed by atoms with Crippen LogP contribution in [0, 0.1) is 0 Å². The smallest absolute Gasteiger partial charge is 0.343 e. The van der Waals surface area contributed by atoms with Gasteiger partial charge in [-0.2, -0.15) is 0 Å². The lowest BCUT2D eigenvalue weighted by molar-refractivity contribution is -0.145. The number of carbonyl (C=O) groups is 3. The zero-order valence-electron chi connectivity index (χ0n) is 20.9. The number of ether oxygens (including phenoxy) is 2. The van der Waals surface area contributed by atoms with E-state index in [9.17, 15) is 19.5 Å². The Morgan fingerprint density at radius 2 is 1.68 bits per heavy atom. The predicted octanol–water partition coefficient (Wildman–Crippen LogP) is 4.58. The van der Waals surface area contributed by atoms with Crippen molar-refractivity contribution < 1.29 is 29.0 Å². The van der Waals surface area contributed by atoms with Crippen molar-refractivity contribution >= 4 is 41.0 Å². The Balaban J connectivity index is 1.79. The van der Waals surface area contributed by atoms with Gasteiger partial charge in [0.05, 0.1) is 22.8 Å². The number of hydrogen-bond acceptors (Lipinski definition) is 7. The van der Waals surface area contributed by atoms with Crippen LogP contribution in [-0.4, -0.2) is 49.2 Å². The number of halogens is 2. The van der Waals surface area contributed by atoms with Crippen molar-refractivity contribution in [3.8, 4) is 11.5 Å². The molecule has 3 rings (SSSR count). The molecule has 0 aromatic heterocycles. The van der Waals surface area contributed by atoms with E-state index in [0.717, 1.165) is 30.2 Å². The monoisotopic (exact) mass is 558 g/mol. The summed E-state index contributed by atoms with van der Waals surface area (Å²) in [5.41, 5.74) is 1.79. The van der Waals surface area contributed by atoms with Gasteiger partial charge in [-0.25, -0.2) is 9.59 Å². The van der Waals surface area contributed by atoms with Crippen molar-refractivity contribution in [2.75, 3.05) is 20.2 Å². The molecule has 38 heavy (non-hydrogen) atoms. The number of rotatable bonds is 11. The zero-order valence-corrected chi connectivity index (χ0v) is 22.4. The van der Waals surface area contributed by atoms with E-state index in [1.165, 1.54) is 0 Å². The van der Waals surface area contributed by atoms with Crippen LogP contribution >= 0.6 is 23.2 Å². The molecule has 3 aromatic carbocycles. The van der Waals surface area contributed by atoms with Crippen LogP contribution in [0.25, 0.3) is 0 Å². The summed E-state index contributed by atoms with van der Waals surface area (Å²) < 4.78 is 10.4. The van der Waals surface area contributed by atoms with Gasteiger partial charge in [-0.3, -0.25) is 4.79 Å². The molecule has 0 spiro atoms. The molecule has 0 unspecified atom stereocenters. The number of esters is 2. The molecule has 0 fully saturated rings. The van der Waals surface area contributed by atoms with Crippen LogP contribution in [0.5, 0.6) is 11.5 Å². The van der Waals surface area contributed by atoms with Crippen LogP contribution in [-0.2, 0) is 22.4 Å². The van der Waals surface area contributed by atoms with E-state index in [1.54, 1.807) is 31.2 Å². The topological polar surface area (TPSA) is 114 Å². The number of aromatic hydroxyl groups is 1. The minimum absolute atomic E-state index is 0.127. The maximum Gasteiger partial charge on any atom is 0.343 e. The number of carbonyl (C=O) groups excluding carboxylic acids is 3. The summed E-state index contributed by atoms with van der Waals surface area (Å²) in [6.45, 7) is 2.58. The van der Waals surface area contributed by atoms with Crippen LogP contribution in [0.1, 0.15) is 38.8 Å². The molecule has 8 nitrogen and oxygen atoms in total. The van der Waals surface area contributed by atoms with Gasteiger partial charge in [0.15, 0.2) is 11.5 Å². The highest BCUT2D eigenvalue weighted by Gasteiger charge is 2.28. The average Bonchev–Trinajstić information content (AvgIpc) is 2.92. The fourth-order valence-corrected chi connectivity index (χ4v) is 4.14. The number of amides is 1. The van der Waals surface area contributed by atoms with Gasteiger partial charge in [0.2, 0.25) is 0 Å². The van der Waals surface area contributed by atoms with Gasteiger partial charge in [0.1, 0.15) is 11.1 Å². The van der Waals surface area contributed by atoms with Crippen LogP contribution < -0.4 is 15.4 Å². The highest BCUT2D eigenvalue weighted by molar-refractivity contribution is 6.39. The quantitative estimate of drug-likeness (QED) is 0.233. The van der Waals surface area contributed by atoms with Gasteiger partial charge in [-0.1, -0.05) is 65.7 Å². The second-order valence-electron chi connectivity index (χ2n) is 8.31. The van der Waals surface area contributed by atoms with Crippen LogP contribution in [0.3, 0.4) is 0 Å². The van der Waals surface area contributed by atoms with Crippen LogP contribution in [0.4, 0.5) is 0 Å². The Morgan fingerprint density at radius 1 is 1.00 bits per heavy atom. The molecule has 0 saturated carbocycles. The summed E-state index contributed by atoms with van der Waals surface area (Å²) in [6.07, 6.45) is 0.959. The van der Waals surface area contributed by atoms with E-state index in [0.29, 0.717) is 0 Å². The Morgan fingerprint density at radius 3 is 2.32 bits per heavy atom. The molecule has 0 radical (unpaired) electrons. The minimum Gasteiger partial charge on any atom is -0.505 e. The normalized spacial score (nSPS) is 11.5. The zero-order chi connectivity index (χ0) is 27.7. The van der Waals surface area contributed by atoms with Crippen molar-refractivity contribution in [3.63, 3.8) is 0 Å². The number of likely N-dealkylation sites (N-methyl/N-ethyl adjacent to an activating group) is 1. The van der Waals surface area contributed by atoms with Crippen molar-refractivity contribution in [1.82, 2.24) is 10.6 Å². The SMILES string of the molecule is CCOC(=O)[C@H](Cc1ccccc1)NC(=O)c1cc(Cl)c(OC(=O)c2ccc(CCNC)cc2)c(Cl)c1O. The standard InChI is InChI=1S/C28H28Cl2N2O6/c1-3-37-28(36)22(15-18-7-5-4-6-8-18)32-26(34)20-16-21(29)25(23(30)24(20)33)38-27(35)19-11-9-17(10-12-19)13-14-31-2/h4-12,16,22,31,33H,3,13-15H2,1-2H3,(H,32,34)/t22-/m0/s1. The molecule has 200 valence electrons. The summed E-state index contributed by atoms with van der Waals surface area (Å²) in [5.74, 6) is -3.13. The van der Waals surface area contributed by atoms with Crippen molar-refractivity contribution in [2.45, 2.75) is 25.8 Å². The number of benzene rings is 3. The molecule has 1 atom stereocenters. The first-order valence-electron chi connectivity index (χ1n) is 11.9. The van der Waals surface area contributed by atoms with Gasteiger partial charge in [-0.15, -0.1) is 0 Å². The van der Waals surface area contributed by atoms with Crippen molar-refractivity contribution in [2.24, 2.45) is 0 Å². The van der Waals surface area contributed by atoms with Crippen LogP contribution in [0.2, 0.25) is 10.0 Å². The molecule has 0 saturated heterocycles. The number of nitrogens with one attached hydrogen (secondary N) is 2. The van der Waals surface area contributed by atoms with Gasteiger partial charge < -0.3 is 25.2 Å². The first kappa shape index (κ1) is 29.0. The van der Waals surface area contributed by atoms with Gasteiger partial charge in [0.25, 0.3) is 5.91 Å². The maximum atomic E-state index is 13.0. The lowest BCUT2D eigenvalue weighted by Crippen LogP contribution is -2.43. The van der Waals surface area contributed by atoms with E-state index in [2.05, 4.69) is 10.6 Å². The molecule has 0 heterocycles. The second-order valence-corrected chi connectivity index (χ2v) is 9.09. The van der Waals surface area contributed by atoms with E-state index >= 15 is 0 Å². The van der Waals surface area contributed by atoms with Gasteiger partial charge in [0, 0.05) is 6.42 Å². The van der Waals surface area contributed by atoms with E-state index < -0.39 is 34.7 Å². The highest BCUT2D eigenvalue weighted by atomic mass is 35.5. The van der Waals surface area contributed by atoms with Crippen LogP contribution in [0.15, 0.2) is 60.7 Å².